The molecule has 3 heterocycles. The highest BCUT2D eigenvalue weighted by atomic mass is 19.4. The van der Waals surface area contributed by atoms with Crippen molar-refractivity contribution in [1.29, 1.82) is 0 Å². The zero-order valence-electron chi connectivity index (χ0n) is 14.2. The van der Waals surface area contributed by atoms with Crippen molar-refractivity contribution in [2.24, 2.45) is 4.99 Å². The molecule has 0 saturated heterocycles. The van der Waals surface area contributed by atoms with Gasteiger partial charge in [-0.15, -0.1) is 0 Å². The maximum Gasteiger partial charge on any atom is 0.433 e. The molecule has 2 aromatic heterocycles. The van der Waals surface area contributed by atoms with Crippen molar-refractivity contribution in [3.05, 3.63) is 58.7 Å². The Hall–Kier alpha value is -2.77. The van der Waals surface area contributed by atoms with Gasteiger partial charge in [0.05, 0.1) is 11.7 Å². The molecular formula is C19H15F3N4O. The van der Waals surface area contributed by atoms with Crippen LogP contribution in [0.15, 0.2) is 35.5 Å². The largest absolute Gasteiger partial charge is 0.433 e. The van der Waals surface area contributed by atoms with Crippen LogP contribution in [0.1, 0.15) is 47.5 Å². The van der Waals surface area contributed by atoms with Gasteiger partial charge in [-0.3, -0.25) is 14.8 Å². The second-order valence-corrected chi connectivity index (χ2v) is 7.16. The highest BCUT2D eigenvalue weighted by Crippen LogP contribution is 2.46. The van der Waals surface area contributed by atoms with Crippen molar-refractivity contribution in [2.45, 2.75) is 43.3 Å². The molecule has 0 bridgehead atoms. The lowest BCUT2D eigenvalue weighted by molar-refractivity contribution is -0.141. The summed E-state index contributed by atoms with van der Waals surface area (Å²) in [6.07, 6.45) is -0.284. The molecule has 5 rings (SSSR count). The summed E-state index contributed by atoms with van der Waals surface area (Å²) in [6.45, 7) is 0. The SMILES string of the molecule is O=C1NC(=NC2CC2)c2ccc(C(F)(F)F)nc2[C@@]12CCc1ncccc12. The number of amidine groups is 1. The van der Waals surface area contributed by atoms with Crippen LogP contribution in [0.5, 0.6) is 0 Å². The summed E-state index contributed by atoms with van der Waals surface area (Å²) in [4.78, 5) is 25.9. The summed E-state index contributed by atoms with van der Waals surface area (Å²) in [5.74, 6) is -0.0605. The number of aliphatic imine (C=N–C) groups is 1. The molecule has 3 aliphatic rings. The quantitative estimate of drug-likeness (QED) is 0.837. The minimum atomic E-state index is -4.59. The number of aryl methyl sites for hydroxylation is 1. The van der Waals surface area contributed by atoms with E-state index < -0.39 is 17.3 Å². The maximum atomic E-state index is 13.3. The molecule has 1 spiro atoms. The number of hydrogen-bond donors (Lipinski definition) is 1. The smallest absolute Gasteiger partial charge is 0.309 e. The van der Waals surface area contributed by atoms with Crippen LogP contribution in [-0.2, 0) is 22.8 Å². The average Bonchev–Trinajstić information content (AvgIpc) is 3.37. The molecule has 1 fully saturated rings. The molecule has 8 heteroatoms. The first-order valence-electron chi connectivity index (χ1n) is 8.82. The van der Waals surface area contributed by atoms with Crippen LogP contribution in [0.25, 0.3) is 0 Å². The maximum absolute atomic E-state index is 13.3. The van der Waals surface area contributed by atoms with Gasteiger partial charge >= 0.3 is 6.18 Å². The summed E-state index contributed by atoms with van der Waals surface area (Å²) in [5.41, 5.74) is -0.318. The number of amides is 1. The van der Waals surface area contributed by atoms with E-state index in [0.717, 1.165) is 24.6 Å². The number of nitrogens with zero attached hydrogens (tertiary/aromatic N) is 3. The van der Waals surface area contributed by atoms with Gasteiger partial charge in [-0.25, -0.2) is 4.98 Å². The lowest BCUT2D eigenvalue weighted by atomic mass is 9.73. The lowest BCUT2D eigenvalue weighted by Gasteiger charge is -2.35. The minimum absolute atomic E-state index is 0.113. The van der Waals surface area contributed by atoms with Crippen LogP contribution < -0.4 is 5.32 Å². The van der Waals surface area contributed by atoms with Gasteiger partial charge < -0.3 is 5.32 Å². The molecule has 5 nitrogen and oxygen atoms in total. The monoisotopic (exact) mass is 372 g/mol. The molecule has 1 atom stereocenters. The molecule has 1 amide bonds. The zero-order chi connectivity index (χ0) is 18.8. The van der Waals surface area contributed by atoms with Crippen molar-refractivity contribution < 1.29 is 18.0 Å². The number of alkyl halides is 3. The Morgan fingerprint density at radius 1 is 1.22 bits per heavy atom. The normalized spacial score (nSPS) is 25.4. The number of carbonyl (C=O) groups is 1. The molecule has 1 saturated carbocycles. The van der Waals surface area contributed by atoms with Gasteiger partial charge in [0.2, 0.25) is 5.91 Å². The second kappa shape index (κ2) is 5.37. The van der Waals surface area contributed by atoms with E-state index in [1.165, 1.54) is 6.07 Å². The number of halogens is 3. The first-order valence-corrected chi connectivity index (χ1v) is 8.82. The molecular weight excluding hydrogens is 357 g/mol. The van der Waals surface area contributed by atoms with Crippen LogP contribution in [0.2, 0.25) is 0 Å². The fourth-order valence-corrected chi connectivity index (χ4v) is 3.96. The summed E-state index contributed by atoms with van der Waals surface area (Å²) in [5, 5.41) is 2.84. The molecule has 1 N–H and O–H groups in total. The van der Waals surface area contributed by atoms with Gasteiger partial charge in [-0.1, -0.05) is 6.07 Å². The van der Waals surface area contributed by atoms with Gasteiger partial charge in [0, 0.05) is 17.5 Å². The van der Waals surface area contributed by atoms with Crippen molar-refractivity contribution in [1.82, 2.24) is 15.3 Å². The van der Waals surface area contributed by atoms with Crippen LogP contribution >= 0.6 is 0 Å². The van der Waals surface area contributed by atoms with E-state index in [9.17, 15) is 18.0 Å². The first kappa shape index (κ1) is 16.4. The van der Waals surface area contributed by atoms with Crippen molar-refractivity contribution >= 4 is 11.7 Å². The van der Waals surface area contributed by atoms with Crippen LogP contribution in [0.4, 0.5) is 13.2 Å². The van der Waals surface area contributed by atoms with E-state index in [4.69, 9.17) is 0 Å². The van der Waals surface area contributed by atoms with Gasteiger partial charge in [0.15, 0.2) is 0 Å². The van der Waals surface area contributed by atoms with E-state index in [1.54, 1.807) is 18.3 Å². The van der Waals surface area contributed by atoms with Gasteiger partial charge in [0.25, 0.3) is 0 Å². The van der Waals surface area contributed by atoms with Crippen molar-refractivity contribution in [3.8, 4) is 0 Å². The Morgan fingerprint density at radius 2 is 2.04 bits per heavy atom. The zero-order valence-corrected chi connectivity index (χ0v) is 14.2. The Kier molecular flexibility index (Phi) is 3.26. The van der Waals surface area contributed by atoms with Gasteiger partial charge in [0.1, 0.15) is 16.9 Å². The molecule has 2 aromatic rings. The Bertz CT molecular complexity index is 997. The number of hydrogen-bond acceptors (Lipinski definition) is 4. The third-order valence-corrected chi connectivity index (χ3v) is 5.41. The molecule has 0 aromatic carbocycles. The average molecular weight is 372 g/mol. The van der Waals surface area contributed by atoms with E-state index in [0.29, 0.717) is 29.8 Å². The molecule has 1 aliphatic heterocycles. The fraction of sp³-hybridized carbons (Fsp3) is 0.368. The summed E-state index contributed by atoms with van der Waals surface area (Å²) < 4.78 is 40.0. The van der Waals surface area contributed by atoms with E-state index >= 15 is 0 Å². The number of pyridine rings is 2. The Morgan fingerprint density at radius 3 is 2.78 bits per heavy atom. The van der Waals surface area contributed by atoms with Gasteiger partial charge in [-0.05, 0) is 49.4 Å². The van der Waals surface area contributed by atoms with Crippen molar-refractivity contribution in [3.63, 3.8) is 0 Å². The lowest BCUT2D eigenvalue weighted by Crippen LogP contribution is -2.53. The van der Waals surface area contributed by atoms with E-state index in [-0.39, 0.29) is 17.6 Å². The topological polar surface area (TPSA) is 67.2 Å². The van der Waals surface area contributed by atoms with Crippen molar-refractivity contribution in [2.75, 3.05) is 0 Å². The molecule has 0 radical (unpaired) electrons. The highest BCUT2D eigenvalue weighted by molar-refractivity contribution is 6.16. The third kappa shape index (κ3) is 2.39. The fourth-order valence-electron chi connectivity index (χ4n) is 3.96. The summed E-state index contributed by atoms with van der Waals surface area (Å²) >= 11 is 0. The first-order chi connectivity index (χ1) is 12.9. The Labute approximate surface area is 152 Å². The predicted molar refractivity (Wildman–Crippen MR) is 90.3 cm³/mol. The molecule has 138 valence electrons. The van der Waals surface area contributed by atoms with Crippen LogP contribution in [-0.4, -0.2) is 27.8 Å². The molecule has 0 unspecified atom stereocenters. The van der Waals surface area contributed by atoms with Crippen LogP contribution in [0.3, 0.4) is 0 Å². The number of carbonyl (C=O) groups excluding carboxylic acids is 1. The van der Waals surface area contributed by atoms with E-state index in [2.05, 4.69) is 20.3 Å². The summed E-state index contributed by atoms with van der Waals surface area (Å²) in [6, 6.07) is 5.89. The second-order valence-electron chi connectivity index (χ2n) is 7.16. The third-order valence-electron chi connectivity index (χ3n) is 5.41. The predicted octanol–water partition coefficient (Wildman–Crippen LogP) is 2.77. The summed E-state index contributed by atoms with van der Waals surface area (Å²) in [7, 11) is 0. The Balaban J connectivity index is 1.78. The number of fused-ring (bicyclic) bond motifs is 4. The molecule has 2 aliphatic carbocycles. The van der Waals surface area contributed by atoms with E-state index in [1.807, 2.05) is 0 Å². The van der Waals surface area contributed by atoms with Crippen LogP contribution in [0, 0.1) is 0 Å². The minimum Gasteiger partial charge on any atom is -0.309 e. The molecule has 27 heavy (non-hydrogen) atoms. The number of nitrogens with one attached hydrogen (secondary N) is 1. The number of rotatable bonds is 1. The standard InChI is InChI=1S/C19H15F3N4O/c20-19(21,22)14-6-5-11-15(25-14)18(8-7-13-12(18)2-1-9-23-13)17(27)26-16(11)24-10-3-4-10/h1-2,5-6,9-10H,3-4,7-8H2,(H,24,26,27)/t18-/m0/s1. The van der Waals surface area contributed by atoms with Gasteiger partial charge in [-0.2, -0.15) is 13.2 Å². The number of aromatic nitrogens is 2. The highest BCUT2D eigenvalue weighted by Gasteiger charge is 2.53.